The average Bonchev–Trinajstić information content (AvgIpc) is 2.30. The van der Waals surface area contributed by atoms with Crippen LogP contribution >= 0.6 is 0 Å². The number of esters is 1. The van der Waals surface area contributed by atoms with E-state index in [1.165, 1.54) is 7.11 Å². The predicted octanol–water partition coefficient (Wildman–Crippen LogP) is -0.204. The number of nitrogens with zero attached hydrogens (tertiary/aromatic N) is 2. The second-order valence-corrected chi connectivity index (χ2v) is 5.22. The molecule has 0 aromatic carbocycles. The number of β-amino-alcohol motifs (C(OH)–C–C–N with tert-alkyl or cyclic N) is 1. The molecule has 1 rings (SSSR count). The Morgan fingerprint density at radius 3 is 2.24 bits per heavy atom. The highest BCUT2D eigenvalue weighted by atomic mass is 16.5. The lowest BCUT2D eigenvalue weighted by molar-refractivity contribution is -0.152. The first-order valence-electron chi connectivity index (χ1n) is 6.13. The van der Waals surface area contributed by atoms with Crippen LogP contribution in [-0.2, 0) is 9.53 Å². The summed E-state index contributed by atoms with van der Waals surface area (Å²) in [5.41, 5.74) is -0.450. The van der Waals surface area contributed by atoms with E-state index < -0.39 is 5.41 Å². The molecule has 17 heavy (non-hydrogen) atoms. The predicted molar refractivity (Wildman–Crippen MR) is 65.8 cm³/mol. The molecule has 0 atom stereocenters. The maximum atomic E-state index is 11.6. The van der Waals surface area contributed by atoms with Crippen molar-refractivity contribution >= 4 is 5.97 Å². The molecule has 0 aromatic rings. The zero-order valence-corrected chi connectivity index (χ0v) is 11.1. The number of rotatable bonds is 5. The van der Waals surface area contributed by atoms with Gasteiger partial charge in [-0.25, -0.2) is 0 Å². The van der Waals surface area contributed by atoms with Crippen molar-refractivity contribution in [3.8, 4) is 0 Å². The van der Waals surface area contributed by atoms with Crippen molar-refractivity contribution in [3.63, 3.8) is 0 Å². The monoisotopic (exact) mass is 244 g/mol. The van der Waals surface area contributed by atoms with Crippen LogP contribution in [-0.4, -0.2) is 73.9 Å². The fourth-order valence-electron chi connectivity index (χ4n) is 2.21. The van der Waals surface area contributed by atoms with Gasteiger partial charge in [-0.1, -0.05) is 0 Å². The number of aliphatic hydroxyl groups excluding tert-OH is 1. The summed E-state index contributed by atoms with van der Waals surface area (Å²) in [5, 5.41) is 8.86. The van der Waals surface area contributed by atoms with Gasteiger partial charge in [0.1, 0.15) is 0 Å². The molecular formula is C12H24N2O3. The van der Waals surface area contributed by atoms with Gasteiger partial charge in [0.2, 0.25) is 0 Å². The molecule has 1 fully saturated rings. The summed E-state index contributed by atoms with van der Waals surface area (Å²) in [6.07, 6.45) is 0. The zero-order valence-electron chi connectivity index (χ0n) is 11.1. The number of carbonyl (C=O) groups excluding carboxylic acids is 1. The Balaban J connectivity index is 2.37. The van der Waals surface area contributed by atoms with Crippen molar-refractivity contribution in [3.05, 3.63) is 0 Å². The molecule has 1 aliphatic rings. The van der Waals surface area contributed by atoms with E-state index in [2.05, 4.69) is 9.80 Å². The van der Waals surface area contributed by atoms with Crippen LogP contribution in [0.5, 0.6) is 0 Å². The van der Waals surface area contributed by atoms with E-state index in [0.717, 1.165) is 39.3 Å². The second kappa shape index (κ2) is 6.33. The third-order valence-corrected chi connectivity index (χ3v) is 3.24. The fourth-order valence-corrected chi connectivity index (χ4v) is 2.21. The third-order valence-electron chi connectivity index (χ3n) is 3.24. The van der Waals surface area contributed by atoms with E-state index in [0.29, 0.717) is 0 Å². The van der Waals surface area contributed by atoms with Gasteiger partial charge in [0.25, 0.3) is 0 Å². The molecule has 0 amide bonds. The molecule has 1 N–H and O–H groups in total. The molecule has 0 radical (unpaired) electrons. The van der Waals surface area contributed by atoms with Crippen LogP contribution in [0.1, 0.15) is 13.8 Å². The average molecular weight is 244 g/mol. The maximum Gasteiger partial charge on any atom is 0.312 e. The summed E-state index contributed by atoms with van der Waals surface area (Å²) in [7, 11) is 1.43. The summed E-state index contributed by atoms with van der Waals surface area (Å²) in [6, 6.07) is 0. The van der Waals surface area contributed by atoms with E-state index in [1.807, 2.05) is 13.8 Å². The molecule has 0 aliphatic carbocycles. The van der Waals surface area contributed by atoms with Gasteiger partial charge in [0, 0.05) is 39.3 Å². The molecule has 1 aliphatic heterocycles. The smallest absolute Gasteiger partial charge is 0.312 e. The first-order chi connectivity index (χ1) is 7.99. The van der Waals surface area contributed by atoms with Gasteiger partial charge in [-0.15, -0.1) is 0 Å². The Bertz CT molecular complexity index is 248. The first kappa shape index (κ1) is 14.4. The quantitative estimate of drug-likeness (QED) is 0.679. The molecule has 0 aromatic heterocycles. The number of ether oxygens (including phenoxy) is 1. The fraction of sp³-hybridized carbons (Fsp3) is 0.917. The number of carbonyl (C=O) groups is 1. The summed E-state index contributed by atoms with van der Waals surface area (Å²) in [6.45, 7) is 9.32. The Morgan fingerprint density at radius 2 is 1.76 bits per heavy atom. The van der Waals surface area contributed by atoms with Gasteiger partial charge in [0.05, 0.1) is 19.1 Å². The molecular weight excluding hydrogens is 220 g/mol. The molecule has 0 saturated carbocycles. The van der Waals surface area contributed by atoms with Crippen LogP contribution < -0.4 is 0 Å². The number of aliphatic hydroxyl groups is 1. The van der Waals surface area contributed by atoms with Crippen LogP contribution in [0.3, 0.4) is 0 Å². The molecule has 5 heteroatoms. The van der Waals surface area contributed by atoms with E-state index >= 15 is 0 Å². The molecule has 1 heterocycles. The molecule has 0 bridgehead atoms. The van der Waals surface area contributed by atoms with Crippen LogP contribution in [0, 0.1) is 5.41 Å². The standard InChI is InChI=1S/C12H24N2O3/c1-12(2,11(16)17-3)10-14-6-4-13(5-7-14)8-9-15/h15H,4-10H2,1-3H3. The topological polar surface area (TPSA) is 53.0 Å². The lowest BCUT2D eigenvalue weighted by atomic mass is 9.92. The Kier molecular flexibility index (Phi) is 5.36. The van der Waals surface area contributed by atoms with Crippen LogP contribution in [0.25, 0.3) is 0 Å². The van der Waals surface area contributed by atoms with E-state index in [9.17, 15) is 4.79 Å². The summed E-state index contributed by atoms with van der Waals surface area (Å²) in [5.74, 6) is -0.157. The molecule has 5 nitrogen and oxygen atoms in total. The third kappa shape index (κ3) is 4.26. The van der Waals surface area contributed by atoms with Gasteiger partial charge in [-0.3, -0.25) is 14.6 Å². The second-order valence-electron chi connectivity index (χ2n) is 5.22. The SMILES string of the molecule is COC(=O)C(C)(C)CN1CCN(CCO)CC1. The lowest BCUT2D eigenvalue weighted by Crippen LogP contribution is -2.50. The van der Waals surface area contributed by atoms with Crippen molar-refractivity contribution in [2.24, 2.45) is 5.41 Å². The highest BCUT2D eigenvalue weighted by Crippen LogP contribution is 2.19. The van der Waals surface area contributed by atoms with E-state index in [4.69, 9.17) is 9.84 Å². The highest BCUT2D eigenvalue weighted by molar-refractivity contribution is 5.76. The minimum Gasteiger partial charge on any atom is -0.469 e. The minimum absolute atomic E-state index is 0.157. The molecule has 0 unspecified atom stereocenters. The summed E-state index contributed by atoms with van der Waals surface area (Å²) in [4.78, 5) is 16.1. The number of methoxy groups -OCH3 is 1. The normalized spacial score (nSPS) is 19.3. The van der Waals surface area contributed by atoms with Gasteiger partial charge >= 0.3 is 5.97 Å². The van der Waals surface area contributed by atoms with Crippen molar-refractivity contribution in [1.29, 1.82) is 0 Å². The van der Waals surface area contributed by atoms with E-state index in [-0.39, 0.29) is 12.6 Å². The number of hydrogen-bond donors (Lipinski definition) is 1. The Hall–Kier alpha value is -0.650. The Labute approximate surface area is 103 Å². The van der Waals surface area contributed by atoms with Gasteiger partial charge in [0.15, 0.2) is 0 Å². The van der Waals surface area contributed by atoms with Crippen molar-refractivity contribution in [2.75, 3.05) is 53.0 Å². The van der Waals surface area contributed by atoms with Crippen LogP contribution in [0.4, 0.5) is 0 Å². The summed E-state index contributed by atoms with van der Waals surface area (Å²) >= 11 is 0. The van der Waals surface area contributed by atoms with Gasteiger partial charge < -0.3 is 9.84 Å². The Morgan fingerprint density at radius 1 is 1.24 bits per heavy atom. The molecule has 100 valence electrons. The summed E-state index contributed by atoms with van der Waals surface area (Å²) < 4.78 is 4.81. The lowest BCUT2D eigenvalue weighted by Gasteiger charge is -2.37. The zero-order chi connectivity index (χ0) is 12.9. The highest BCUT2D eigenvalue weighted by Gasteiger charge is 2.32. The van der Waals surface area contributed by atoms with E-state index in [1.54, 1.807) is 0 Å². The molecule has 1 saturated heterocycles. The van der Waals surface area contributed by atoms with Crippen molar-refractivity contribution in [2.45, 2.75) is 13.8 Å². The number of hydrogen-bond acceptors (Lipinski definition) is 5. The number of piperazine rings is 1. The van der Waals surface area contributed by atoms with Crippen molar-refractivity contribution < 1.29 is 14.6 Å². The largest absolute Gasteiger partial charge is 0.469 e. The maximum absolute atomic E-state index is 11.6. The van der Waals surface area contributed by atoms with Gasteiger partial charge in [-0.2, -0.15) is 0 Å². The minimum atomic E-state index is -0.450. The molecule has 0 spiro atoms. The van der Waals surface area contributed by atoms with Gasteiger partial charge in [-0.05, 0) is 13.8 Å². The van der Waals surface area contributed by atoms with Crippen LogP contribution in [0.15, 0.2) is 0 Å². The first-order valence-corrected chi connectivity index (χ1v) is 6.13. The van der Waals surface area contributed by atoms with Crippen LogP contribution in [0.2, 0.25) is 0 Å². The van der Waals surface area contributed by atoms with Crippen molar-refractivity contribution in [1.82, 2.24) is 9.80 Å².